The summed E-state index contributed by atoms with van der Waals surface area (Å²) in [6.07, 6.45) is 0. The second kappa shape index (κ2) is 4.31. The second-order valence-electron chi connectivity index (χ2n) is 5.11. The van der Waals surface area contributed by atoms with Gasteiger partial charge in [0.1, 0.15) is 17.0 Å². The molecule has 0 bridgehead atoms. The molecular formula is C13H15BrN2O2. The minimum absolute atomic E-state index is 0.331. The molecule has 96 valence electrons. The molecule has 0 unspecified atom stereocenters. The van der Waals surface area contributed by atoms with Gasteiger partial charge in [-0.1, -0.05) is 22.0 Å². The number of nitrogens with one attached hydrogen (secondary N) is 1. The molecule has 0 atom stereocenters. The van der Waals surface area contributed by atoms with Gasteiger partial charge in [-0.2, -0.15) is 0 Å². The molecule has 0 fully saturated rings. The summed E-state index contributed by atoms with van der Waals surface area (Å²) in [6.45, 7) is 5.48. The van der Waals surface area contributed by atoms with Crippen LogP contribution in [-0.2, 0) is 4.74 Å². The third-order valence-electron chi connectivity index (χ3n) is 2.39. The van der Waals surface area contributed by atoms with Gasteiger partial charge >= 0.3 is 5.97 Å². The van der Waals surface area contributed by atoms with Gasteiger partial charge in [-0.3, -0.25) is 0 Å². The van der Waals surface area contributed by atoms with Gasteiger partial charge in [-0.05, 0) is 32.9 Å². The Morgan fingerprint density at radius 1 is 1.39 bits per heavy atom. The highest BCUT2D eigenvalue weighted by Gasteiger charge is 2.23. The van der Waals surface area contributed by atoms with Crippen LogP contribution < -0.4 is 5.73 Å². The summed E-state index contributed by atoms with van der Waals surface area (Å²) < 4.78 is 6.27. The molecule has 0 saturated carbocycles. The van der Waals surface area contributed by atoms with E-state index in [1.807, 2.05) is 39.0 Å². The fraction of sp³-hybridized carbons (Fsp3) is 0.308. The van der Waals surface area contributed by atoms with Crippen LogP contribution in [0.1, 0.15) is 31.1 Å². The van der Waals surface area contributed by atoms with Crippen LogP contribution in [0.4, 0.5) is 5.82 Å². The molecule has 4 nitrogen and oxygen atoms in total. The number of hydrogen-bond acceptors (Lipinski definition) is 3. The number of aromatic amines is 1. The van der Waals surface area contributed by atoms with Crippen molar-refractivity contribution in [3.63, 3.8) is 0 Å². The fourth-order valence-electron chi connectivity index (χ4n) is 1.74. The normalized spacial score (nSPS) is 11.8. The zero-order chi connectivity index (χ0) is 13.5. The highest BCUT2D eigenvalue weighted by molar-refractivity contribution is 9.10. The van der Waals surface area contributed by atoms with Crippen molar-refractivity contribution in [2.75, 3.05) is 5.73 Å². The number of H-pyrrole nitrogens is 1. The maximum absolute atomic E-state index is 12.1. The molecule has 18 heavy (non-hydrogen) atoms. The SMILES string of the molecule is CC(C)(C)OC(=O)c1c(N)[nH]c2cc(Br)ccc12. The Morgan fingerprint density at radius 2 is 2.06 bits per heavy atom. The summed E-state index contributed by atoms with van der Waals surface area (Å²) in [6, 6.07) is 5.58. The first kappa shape index (κ1) is 13.0. The largest absolute Gasteiger partial charge is 0.456 e. The lowest BCUT2D eigenvalue weighted by Gasteiger charge is -2.19. The van der Waals surface area contributed by atoms with Gasteiger partial charge in [0.05, 0.1) is 0 Å². The Hall–Kier alpha value is -1.49. The Labute approximate surface area is 114 Å². The van der Waals surface area contributed by atoms with E-state index in [0.29, 0.717) is 11.4 Å². The number of rotatable bonds is 1. The molecule has 1 aromatic heterocycles. The van der Waals surface area contributed by atoms with Crippen LogP contribution >= 0.6 is 15.9 Å². The third kappa shape index (κ3) is 2.51. The first-order chi connectivity index (χ1) is 8.28. The van der Waals surface area contributed by atoms with Gasteiger partial charge < -0.3 is 15.5 Å². The monoisotopic (exact) mass is 310 g/mol. The molecular weight excluding hydrogens is 296 g/mol. The smallest absolute Gasteiger partial charge is 0.343 e. The molecule has 1 aromatic carbocycles. The van der Waals surface area contributed by atoms with Crippen LogP contribution in [0.25, 0.3) is 10.9 Å². The molecule has 5 heteroatoms. The number of fused-ring (bicyclic) bond motifs is 1. The zero-order valence-electron chi connectivity index (χ0n) is 10.5. The van der Waals surface area contributed by atoms with Crippen LogP contribution in [0, 0.1) is 0 Å². The van der Waals surface area contributed by atoms with Crippen molar-refractivity contribution in [2.45, 2.75) is 26.4 Å². The van der Waals surface area contributed by atoms with Crippen LogP contribution in [0.2, 0.25) is 0 Å². The summed E-state index contributed by atoms with van der Waals surface area (Å²) in [5.41, 5.74) is 6.52. The molecule has 0 aliphatic carbocycles. The van der Waals surface area contributed by atoms with Crippen molar-refractivity contribution in [1.29, 1.82) is 0 Å². The van der Waals surface area contributed by atoms with Crippen molar-refractivity contribution in [1.82, 2.24) is 4.98 Å². The van der Waals surface area contributed by atoms with Crippen molar-refractivity contribution in [3.05, 3.63) is 28.2 Å². The lowest BCUT2D eigenvalue weighted by Crippen LogP contribution is -2.24. The molecule has 3 N–H and O–H groups in total. The van der Waals surface area contributed by atoms with E-state index in [1.54, 1.807) is 0 Å². The lowest BCUT2D eigenvalue weighted by molar-refractivity contribution is 0.00732. The van der Waals surface area contributed by atoms with E-state index in [2.05, 4.69) is 20.9 Å². The average Bonchev–Trinajstić information content (AvgIpc) is 2.50. The van der Waals surface area contributed by atoms with E-state index in [-0.39, 0.29) is 0 Å². The lowest BCUT2D eigenvalue weighted by atomic mass is 10.1. The summed E-state index contributed by atoms with van der Waals surface area (Å²) >= 11 is 3.38. The van der Waals surface area contributed by atoms with Gasteiger partial charge in [0.25, 0.3) is 0 Å². The van der Waals surface area contributed by atoms with E-state index in [4.69, 9.17) is 10.5 Å². The Morgan fingerprint density at radius 3 is 2.67 bits per heavy atom. The predicted octanol–water partition coefficient (Wildman–Crippen LogP) is 3.47. The molecule has 0 aliphatic heterocycles. The number of carbonyl (C=O) groups is 1. The molecule has 0 spiro atoms. The van der Waals surface area contributed by atoms with Gasteiger partial charge in [0.15, 0.2) is 0 Å². The van der Waals surface area contributed by atoms with Gasteiger partial charge in [0, 0.05) is 15.4 Å². The predicted molar refractivity (Wildman–Crippen MR) is 75.6 cm³/mol. The topological polar surface area (TPSA) is 68.1 Å². The quantitative estimate of drug-likeness (QED) is 0.792. The first-order valence-corrected chi connectivity index (χ1v) is 6.37. The van der Waals surface area contributed by atoms with Crippen molar-refractivity contribution >= 4 is 38.6 Å². The second-order valence-corrected chi connectivity index (χ2v) is 6.02. The summed E-state index contributed by atoms with van der Waals surface area (Å²) in [4.78, 5) is 15.1. The maximum atomic E-state index is 12.1. The molecule has 0 amide bonds. The molecule has 2 aromatic rings. The Balaban J connectivity index is 2.51. The van der Waals surface area contributed by atoms with Gasteiger partial charge in [-0.25, -0.2) is 4.79 Å². The minimum atomic E-state index is -0.539. The highest BCUT2D eigenvalue weighted by atomic mass is 79.9. The van der Waals surface area contributed by atoms with Crippen LogP contribution in [-0.4, -0.2) is 16.6 Å². The number of esters is 1. The van der Waals surface area contributed by atoms with Crippen molar-refractivity contribution in [3.8, 4) is 0 Å². The summed E-state index contributed by atoms with van der Waals surface area (Å²) in [5, 5.41) is 0.768. The molecule has 1 heterocycles. The number of ether oxygens (including phenoxy) is 1. The number of nitrogens with two attached hydrogens (primary N) is 1. The average molecular weight is 311 g/mol. The minimum Gasteiger partial charge on any atom is -0.456 e. The van der Waals surface area contributed by atoms with Crippen LogP contribution in [0.3, 0.4) is 0 Å². The van der Waals surface area contributed by atoms with E-state index < -0.39 is 11.6 Å². The highest BCUT2D eigenvalue weighted by Crippen LogP contribution is 2.28. The standard InChI is InChI=1S/C13H15BrN2O2/c1-13(2,3)18-12(17)10-8-5-4-7(14)6-9(8)16-11(10)15/h4-6,16H,15H2,1-3H3. The third-order valence-corrected chi connectivity index (χ3v) is 2.89. The van der Waals surface area contributed by atoms with Crippen LogP contribution in [0.15, 0.2) is 22.7 Å². The molecule has 2 rings (SSSR count). The van der Waals surface area contributed by atoms with E-state index in [0.717, 1.165) is 15.4 Å². The number of nitrogen functional groups attached to an aromatic ring is 1. The van der Waals surface area contributed by atoms with E-state index in [1.165, 1.54) is 0 Å². The summed E-state index contributed by atoms with van der Waals surface area (Å²) in [5.74, 6) is -0.0778. The molecule has 0 radical (unpaired) electrons. The number of halogens is 1. The number of carbonyl (C=O) groups excluding carboxylic acids is 1. The molecule has 0 aliphatic rings. The van der Waals surface area contributed by atoms with Gasteiger partial charge in [0.2, 0.25) is 0 Å². The molecule has 0 saturated heterocycles. The van der Waals surface area contributed by atoms with E-state index in [9.17, 15) is 4.79 Å². The first-order valence-electron chi connectivity index (χ1n) is 5.58. The number of anilines is 1. The Bertz CT molecular complexity index is 611. The Kier molecular flexibility index (Phi) is 3.11. The number of benzene rings is 1. The van der Waals surface area contributed by atoms with Gasteiger partial charge in [-0.15, -0.1) is 0 Å². The fourth-order valence-corrected chi connectivity index (χ4v) is 2.10. The summed E-state index contributed by atoms with van der Waals surface area (Å²) in [7, 11) is 0. The number of hydrogen-bond donors (Lipinski definition) is 2. The van der Waals surface area contributed by atoms with Crippen LogP contribution in [0.5, 0.6) is 0 Å². The number of aromatic nitrogens is 1. The zero-order valence-corrected chi connectivity index (χ0v) is 12.1. The van der Waals surface area contributed by atoms with Crippen molar-refractivity contribution < 1.29 is 9.53 Å². The van der Waals surface area contributed by atoms with E-state index >= 15 is 0 Å². The van der Waals surface area contributed by atoms with Crippen molar-refractivity contribution in [2.24, 2.45) is 0 Å². The maximum Gasteiger partial charge on any atom is 0.343 e.